The summed E-state index contributed by atoms with van der Waals surface area (Å²) >= 11 is 0. The zero-order valence-electron chi connectivity index (χ0n) is 7.96. The lowest BCUT2D eigenvalue weighted by Crippen LogP contribution is -2.30. The van der Waals surface area contributed by atoms with Gasteiger partial charge in [0.25, 0.3) is 0 Å². The molecule has 2 N–H and O–H groups in total. The molecule has 0 aliphatic carbocycles. The highest BCUT2D eigenvalue weighted by Crippen LogP contribution is 2.29. The van der Waals surface area contributed by atoms with E-state index in [0.29, 0.717) is 12.0 Å². The second-order valence-corrected chi connectivity index (χ2v) is 3.29. The smallest absolute Gasteiger partial charge is 0.148 e. The van der Waals surface area contributed by atoms with Crippen LogP contribution in [0.15, 0.2) is 30.3 Å². The molecular formula is C11H16FN. The zero-order chi connectivity index (χ0) is 9.73. The molecule has 1 aromatic rings. The SMILES string of the molecule is CCC[C@@](F)(CN)c1ccccc1. The van der Waals surface area contributed by atoms with Gasteiger partial charge in [0.2, 0.25) is 0 Å². The summed E-state index contributed by atoms with van der Waals surface area (Å²) in [4.78, 5) is 0. The Morgan fingerprint density at radius 2 is 1.92 bits per heavy atom. The van der Waals surface area contributed by atoms with E-state index in [1.54, 1.807) is 12.1 Å². The van der Waals surface area contributed by atoms with Crippen LogP contribution < -0.4 is 5.73 Å². The molecule has 0 saturated heterocycles. The highest BCUT2D eigenvalue weighted by Gasteiger charge is 2.28. The number of hydrogen-bond donors (Lipinski definition) is 1. The van der Waals surface area contributed by atoms with Gasteiger partial charge in [-0.3, -0.25) is 0 Å². The van der Waals surface area contributed by atoms with Gasteiger partial charge in [-0.05, 0) is 12.0 Å². The lowest BCUT2D eigenvalue weighted by atomic mass is 9.91. The average Bonchev–Trinajstić information content (AvgIpc) is 2.19. The van der Waals surface area contributed by atoms with E-state index < -0.39 is 5.67 Å². The van der Waals surface area contributed by atoms with Crippen LogP contribution in [0.2, 0.25) is 0 Å². The molecule has 1 nitrogen and oxygen atoms in total. The molecule has 0 radical (unpaired) electrons. The molecule has 1 rings (SSSR count). The van der Waals surface area contributed by atoms with Crippen molar-refractivity contribution in [2.45, 2.75) is 25.4 Å². The van der Waals surface area contributed by atoms with Crippen molar-refractivity contribution in [3.8, 4) is 0 Å². The lowest BCUT2D eigenvalue weighted by molar-refractivity contribution is 0.159. The Labute approximate surface area is 78.8 Å². The molecule has 0 unspecified atom stereocenters. The van der Waals surface area contributed by atoms with Gasteiger partial charge < -0.3 is 5.73 Å². The van der Waals surface area contributed by atoms with Gasteiger partial charge in [0.1, 0.15) is 5.67 Å². The molecule has 0 amide bonds. The first-order chi connectivity index (χ1) is 6.23. The lowest BCUT2D eigenvalue weighted by Gasteiger charge is -2.23. The van der Waals surface area contributed by atoms with Crippen LogP contribution in [0.1, 0.15) is 25.3 Å². The Bertz CT molecular complexity index is 248. The highest BCUT2D eigenvalue weighted by atomic mass is 19.1. The first kappa shape index (κ1) is 10.2. The van der Waals surface area contributed by atoms with Crippen LogP contribution in [0.4, 0.5) is 4.39 Å². The van der Waals surface area contributed by atoms with Crippen LogP contribution in [0.25, 0.3) is 0 Å². The van der Waals surface area contributed by atoms with Crippen molar-refractivity contribution in [2.75, 3.05) is 6.54 Å². The Kier molecular flexibility index (Phi) is 3.43. The number of rotatable bonds is 4. The van der Waals surface area contributed by atoms with Crippen molar-refractivity contribution in [1.82, 2.24) is 0 Å². The van der Waals surface area contributed by atoms with Gasteiger partial charge >= 0.3 is 0 Å². The second-order valence-electron chi connectivity index (χ2n) is 3.29. The average molecular weight is 181 g/mol. The van der Waals surface area contributed by atoms with Crippen molar-refractivity contribution >= 4 is 0 Å². The van der Waals surface area contributed by atoms with Gasteiger partial charge in [-0.2, -0.15) is 0 Å². The van der Waals surface area contributed by atoms with Gasteiger partial charge in [0, 0.05) is 6.54 Å². The third-order valence-corrected chi connectivity index (χ3v) is 2.26. The standard InChI is InChI=1S/C11H16FN/c1-2-8-11(12,9-13)10-6-4-3-5-7-10/h3-7H,2,8-9,13H2,1H3/t11-/m1/s1. The summed E-state index contributed by atoms with van der Waals surface area (Å²) in [6.45, 7) is 2.03. The van der Waals surface area contributed by atoms with Crippen molar-refractivity contribution < 1.29 is 4.39 Å². The molecule has 0 bridgehead atoms. The van der Waals surface area contributed by atoms with Gasteiger partial charge in [-0.25, -0.2) is 4.39 Å². The maximum absolute atomic E-state index is 14.1. The van der Waals surface area contributed by atoms with Crippen LogP contribution in [-0.4, -0.2) is 6.54 Å². The molecule has 0 saturated carbocycles. The van der Waals surface area contributed by atoms with E-state index in [2.05, 4.69) is 0 Å². The van der Waals surface area contributed by atoms with E-state index in [1.165, 1.54) is 0 Å². The molecule has 0 aliphatic heterocycles. The summed E-state index contributed by atoms with van der Waals surface area (Å²) in [5, 5.41) is 0. The van der Waals surface area contributed by atoms with Crippen molar-refractivity contribution in [2.24, 2.45) is 5.73 Å². The molecular weight excluding hydrogens is 165 g/mol. The Morgan fingerprint density at radius 1 is 1.31 bits per heavy atom. The quantitative estimate of drug-likeness (QED) is 0.759. The molecule has 0 spiro atoms. The Hall–Kier alpha value is -0.890. The molecule has 2 heteroatoms. The minimum atomic E-state index is -1.34. The molecule has 1 aromatic carbocycles. The van der Waals surface area contributed by atoms with E-state index in [1.807, 2.05) is 25.1 Å². The van der Waals surface area contributed by atoms with E-state index in [4.69, 9.17) is 5.73 Å². The summed E-state index contributed by atoms with van der Waals surface area (Å²) in [6.07, 6.45) is 1.30. The van der Waals surface area contributed by atoms with Crippen LogP contribution in [0.5, 0.6) is 0 Å². The topological polar surface area (TPSA) is 26.0 Å². The minimum absolute atomic E-state index is 0.0604. The van der Waals surface area contributed by atoms with Crippen molar-refractivity contribution in [3.63, 3.8) is 0 Å². The molecule has 0 aromatic heterocycles. The molecule has 0 heterocycles. The Balaban J connectivity index is 2.89. The second kappa shape index (κ2) is 4.38. The van der Waals surface area contributed by atoms with Gasteiger partial charge in [0.05, 0.1) is 0 Å². The van der Waals surface area contributed by atoms with Crippen LogP contribution in [-0.2, 0) is 5.67 Å². The van der Waals surface area contributed by atoms with Crippen molar-refractivity contribution in [1.29, 1.82) is 0 Å². The molecule has 1 atom stereocenters. The fourth-order valence-electron chi connectivity index (χ4n) is 1.50. The van der Waals surface area contributed by atoms with E-state index in [-0.39, 0.29) is 6.54 Å². The predicted molar refractivity (Wildman–Crippen MR) is 53.2 cm³/mol. The Morgan fingerprint density at radius 3 is 2.38 bits per heavy atom. The van der Waals surface area contributed by atoms with Crippen LogP contribution in [0, 0.1) is 0 Å². The van der Waals surface area contributed by atoms with Gasteiger partial charge in [-0.15, -0.1) is 0 Å². The van der Waals surface area contributed by atoms with Gasteiger partial charge in [0.15, 0.2) is 0 Å². The van der Waals surface area contributed by atoms with E-state index in [0.717, 1.165) is 6.42 Å². The number of nitrogens with two attached hydrogens (primary N) is 1. The fourth-order valence-corrected chi connectivity index (χ4v) is 1.50. The zero-order valence-corrected chi connectivity index (χ0v) is 7.96. The third kappa shape index (κ3) is 2.28. The summed E-state index contributed by atoms with van der Waals surface area (Å²) in [5.74, 6) is 0. The number of benzene rings is 1. The molecule has 13 heavy (non-hydrogen) atoms. The van der Waals surface area contributed by atoms with E-state index in [9.17, 15) is 4.39 Å². The maximum Gasteiger partial charge on any atom is 0.148 e. The van der Waals surface area contributed by atoms with Gasteiger partial charge in [-0.1, -0.05) is 43.7 Å². The maximum atomic E-state index is 14.1. The minimum Gasteiger partial charge on any atom is -0.327 e. The summed E-state index contributed by atoms with van der Waals surface area (Å²) in [5.41, 5.74) is 4.81. The largest absolute Gasteiger partial charge is 0.327 e. The number of halogens is 1. The highest BCUT2D eigenvalue weighted by molar-refractivity contribution is 5.22. The predicted octanol–water partition coefficient (Wildman–Crippen LogP) is 2.61. The third-order valence-electron chi connectivity index (χ3n) is 2.26. The first-order valence-corrected chi connectivity index (χ1v) is 4.67. The van der Waals surface area contributed by atoms with Crippen LogP contribution >= 0.6 is 0 Å². The summed E-state index contributed by atoms with van der Waals surface area (Å²) < 4.78 is 14.1. The normalized spacial score (nSPS) is 15.3. The van der Waals surface area contributed by atoms with E-state index >= 15 is 0 Å². The van der Waals surface area contributed by atoms with Crippen molar-refractivity contribution in [3.05, 3.63) is 35.9 Å². The summed E-state index contributed by atoms with van der Waals surface area (Å²) in [6, 6.07) is 9.15. The molecule has 72 valence electrons. The molecule has 0 aliphatic rings. The fraction of sp³-hybridized carbons (Fsp3) is 0.455. The first-order valence-electron chi connectivity index (χ1n) is 4.67. The molecule has 0 fully saturated rings. The van der Waals surface area contributed by atoms with Crippen LogP contribution in [0.3, 0.4) is 0 Å². The number of hydrogen-bond acceptors (Lipinski definition) is 1. The summed E-state index contributed by atoms with van der Waals surface area (Å²) in [7, 11) is 0. The monoisotopic (exact) mass is 181 g/mol. The number of alkyl halides is 1.